The molecule has 0 saturated heterocycles. The lowest BCUT2D eigenvalue weighted by atomic mass is 10.1. The second-order valence-corrected chi connectivity index (χ2v) is 8.54. The van der Waals surface area contributed by atoms with Gasteiger partial charge in [-0.05, 0) is 68.6 Å². The lowest BCUT2D eigenvalue weighted by molar-refractivity contribution is -0.137. The van der Waals surface area contributed by atoms with E-state index in [4.69, 9.17) is 10.8 Å². The standard InChI is InChI=1S/C17H25N3O3.C10H13N/c21-15(18-11-4-8-16(22)23)7-2-1-6-14-10-9-13-5-3-12-19-17(13)20-14;1-9(11)7-8-10-5-3-2-4-6-10/h9-10H,1-8,11-12H2,(H,18,21)(H,19,20)(H,22,23);2-6H,1,7-8,11H2. The van der Waals surface area contributed by atoms with Gasteiger partial charge in [-0.1, -0.05) is 43.0 Å². The summed E-state index contributed by atoms with van der Waals surface area (Å²) in [5, 5.41) is 14.6. The molecule has 3 rings (SSSR count). The third-order valence-corrected chi connectivity index (χ3v) is 5.51. The van der Waals surface area contributed by atoms with E-state index in [1.165, 1.54) is 11.1 Å². The van der Waals surface area contributed by atoms with Gasteiger partial charge in [-0.3, -0.25) is 9.59 Å². The average Bonchev–Trinajstić information content (AvgIpc) is 2.84. The fourth-order valence-electron chi connectivity index (χ4n) is 3.61. The number of unbranched alkanes of at least 4 members (excludes halogenated alkanes) is 1. The van der Waals surface area contributed by atoms with Crippen LogP contribution in [0.15, 0.2) is 54.7 Å². The Morgan fingerprint density at radius 3 is 2.56 bits per heavy atom. The van der Waals surface area contributed by atoms with Crippen molar-refractivity contribution in [2.45, 2.75) is 64.2 Å². The number of amides is 1. The number of benzene rings is 1. The van der Waals surface area contributed by atoms with Crippen LogP contribution in [0.4, 0.5) is 5.82 Å². The van der Waals surface area contributed by atoms with Crippen LogP contribution in [0, 0.1) is 0 Å². The molecule has 0 bridgehead atoms. The summed E-state index contributed by atoms with van der Waals surface area (Å²) in [6, 6.07) is 14.5. The smallest absolute Gasteiger partial charge is 0.303 e. The molecule has 7 heteroatoms. The summed E-state index contributed by atoms with van der Waals surface area (Å²) in [6.07, 6.45) is 7.81. The van der Waals surface area contributed by atoms with Crippen molar-refractivity contribution in [1.82, 2.24) is 10.3 Å². The molecule has 1 aromatic heterocycles. The Morgan fingerprint density at radius 2 is 1.82 bits per heavy atom. The van der Waals surface area contributed by atoms with Gasteiger partial charge in [-0.2, -0.15) is 0 Å². The Hall–Kier alpha value is -3.35. The van der Waals surface area contributed by atoms with Crippen LogP contribution in [0.2, 0.25) is 0 Å². The van der Waals surface area contributed by atoms with E-state index in [2.05, 4.69) is 46.5 Å². The van der Waals surface area contributed by atoms with Crippen molar-refractivity contribution < 1.29 is 14.7 Å². The molecular formula is C27H38N4O3. The number of pyridine rings is 1. The first-order valence-electron chi connectivity index (χ1n) is 12.1. The number of carbonyl (C=O) groups excluding carboxylic acids is 1. The number of rotatable bonds is 12. The molecule has 0 spiro atoms. The van der Waals surface area contributed by atoms with E-state index in [0.717, 1.165) is 68.7 Å². The predicted octanol–water partition coefficient (Wildman–Crippen LogP) is 4.23. The van der Waals surface area contributed by atoms with E-state index in [1.807, 2.05) is 18.2 Å². The number of hydrogen-bond donors (Lipinski definition) is 4. The normalized spacial score (nSPS) is 11.9. The molecule has 0 aliphatic carbocycles. The molecule has 0 unspecified atom stereocenters. The Kier molecular flexibility index (Phi) is 12.2. The lowest BCUT2D eigenvalue weighted by Crippen LogP contribution is -2.24. The molecule has 0 saturated carbocycles. The van der Waals surface area contributed by atoms with E-state index < -0.39 is 5.97 Å². The molecule has 2 aromatic rings. The van der Waals surface area contributed by atoms with Gasteiger partial charge in [0, 0.05) is 37.3 Å². The number of nitrogens with two attached hydrogens (primary N) is 1. The summed E-state index contributed by atoms with van der Waals surface area (Å²) in [4.78, 5) is 26.6. The van der Waals surface area contributed by atoms with Gasteiger partial charge in [0.2, 0.25) is 5.91 Å². The van der Waals surface area contributed by atoms with Gasteiger partial charge < -0.3 is 21.5 Å². The maximum absolute atomic E-state index is 11.6. The van der Waals surface area contributed by atoms with Crippen LogP contribution < -0.4 is 16.4 Å². The number of fused-ring (bicyclic) bond motifs is 1. The zero-order valence-electron chi connectivity index (χ0n) is 20.0. The number of aliphatic carboxylic acids is 1. The third-order valence-electron chi connectivity index (χ3n) is 5.51. The third kappa shape index (κ3) is 11.5. The molecule has 0 atom stereocenters. The van der Waals surface area contributed by atoms with E-state index in [9.17, 15) is 9.59 Å². The molecule has 1 aromatic carbocycles. The Balaban J connectivity index is 0.000000310. The molecule has 1 amide bonds. The number of aryl methyl sites for hydroxylation is 3. The van der Waals surface area contributed by atoms with Gasteiger partial charge in [-0.15, -0.1) is 0 Å². The minimum Gasteiger partial charge on any atom is -0.481 e. The van der Waals surface area contributed by atoms with Gasteiger partial charge in [0.05, 0.1) is 0 Å². The van der Waals surface area contributed by atoms with Gasteiger partial charge in [0.25, 0.3) is 0 Å². The lowest BCUT2D eigenvalue weighted by Gasteiger charge is -2.17. The van der Waals surface area contributed by atoms with Gasteiger partial charge in [-0.25, -0.2) is 4.98 Å². The van der Waals surface area contributed by atoms with Crippen LogP contribution in [0.1, 0.15) is 61.8 Å². The number of nitrogens with zero attached hydrogens (tertiary/aromatic N) is 1. The molecule has 7 nitrogen and oxygen atoms in total. The highest BCUT2D eigenvalue weighted by Gasteiger charge is 2.10. The van der Waals surface area contributed by atoms with Gasteiger partial charge in [0.1, 0.15) is 5.82 Å². The van der Waals surface area contributed by atoms with E-state index in [1.54, 1.807) is 0 Å². The molecule has 0 fully saturated rings. The first-order chi connectivity index (χ1) is 16.4. The highest BCUT2D eigenvalue weighted by Crippen LogP contribution is 2.20. The molecular weight excluding hydrogens is 428 g/mol. The number of carboxylic acids is 1. The summed E-state index contributed by atoms with van der Waals surface area (Å²) in [7, 11) is 0. The summed E-state index contributed by atoms with van der Waals surface area (Å²) >= 11 is 0. The number of carboxylic acid groups (broad SMARTS) is 1. The second-order valence-electron chi connectivity index (χ2n) is 8.54. The van der Waals surface area contributed by atoms with Crippen molar-refractivity contribution in [2.75, 3.05) is 18.4 Å². The van der Waals surface area contributed by atoms with Crippen molar-refractivity contribution in [3.63, 3.8) is 0 Å². The summed E-state index contributed by atoms with van der Waals surface area (Å²) in [5.74, 6) is 0.187. The first kappa shape index (κ1) is 26.9. The van der Waals surface area contributed by atoms with E-state index in [0.29, 0.717) is 19.4 Å². The fourth-order valence-corrected chi connectivity index (χ4v) is 3.61. The van der Waals surface area contributed by atoms with Crippen LogP contribution in [0.25, 0.3) is 0 Å². The SMILES string of the molecule is C=C(N)CCc1ccccc1.O=C(O)CCCNC(=O)CCCCc1ccc2c(n1)NCCC2. The summed E-state index contributed by atoms with van der Waals surface area (Å²) < 4.78 is 0. The Morgan fingerprint density at radius 1 is 1.03 bits per heavy atom. The zero-order chi connectivity index (χ0) is 24.6. The quantitative estimate of drug-likeness (QED) is 0.348. The molecule has 2 heterocycles. The Bertz CT molecular complexity index is 915. The van der Waals surface area contributed by atoms with Crippen LogP contribution >= 0.6 is 0 Å². The topological polar surface area (TPSA) is 117 Å². The minimum atomic E-state index is -0.828. The monoisotopic (exact) mass is 466 g/mol. The van der Waals surface area contributed by atoms with Crippen molar-refractivity contribution in [2.24, 2.45) is 5.73 Å². The molecule has 184 valence electrons. The maximum atomic E-state index is 11.6. The number of aromatic nitrogens is 1. The number of anilines is 1. The highest BCUT2D eigenvalue weighted by molar-refractivity contribution is 5.75. The van der Waals surface area contributed by atoms with Crippen LogP contribution in [0.5, 0.6) is 0 Å². The molecule has 34 heavy (non-hydrogen) atoms. The largest absolute Gasteiger partial charge is 0.481 e. The highest BCUT2D eigenvalue weighted by atomic mass is 16.4. The van der Waals surface area contributed by atoms with Crippen LogP contribution in [-0.4, -0.2) is 35.1 Å². The zero-order valence-corrected chi connectivity index (χ0v) is 20.0. The average molecular weight is 467 g/mol. The van der Waals surface area contributed by atoms with Crippen molar-refractivity contribution in [3.05, 3.63) is 71.6 Å². The molecule has 0 radical (unpaired) electrons. The van der Waals surface area contributed by atoms with Crippen molar-refractivity contribution >= 4 is 17.7 Å². The number of nitrogens with one attached hydrogen (secondary N) is 2. The fraction of sp³-hybridized carbons (Fsp3) is 0.444. The predicted molar refractivity (Wildman–Crippen MR) is 137 cm³/mol. The number of allylic oxidation sites excluding steroid dienone is 1. The van der Waals surface area contributed by atoms with Crippen LogP contribution in [0.3, 0.4) is 0 Å². The Labute approximate surface area is 202 Å². The van der Waals surface area contributed by atoms with Gasteiger partial charge >= 0.3 is 5.97 Å². The molecule has 1 aliphatic heterocycles. The number of carbonyl (C=O) groups is 2. The van der Waals surface area contributed by atoms with E-state index in [-0.39, 0.29) is 12.3 Å². The molecule has 5 N–H and O–H groups in total. The second kappa shape index (κ2) is 15.5. The van der Waals surface area contributed by atoms with E-state index >= 15 is 0 Å². The summed E-state index contributed by atoms with van der Waals surface area (Å²) in [5.41, 5.74) is 9.88. The molecule has 1 aliphatic rings. The van der Waals surface area contributed by atoms with Crippen molar-refractivity contribution in [1.29, 1.82) is 0 Å². The van der Waals surface area contributed by atoms with Crippen LogP contribution in [-0.2, 0) is 28.9 Å². The minimum absolute atomic E-state index is 0.00421. The number of hydrogen-bond acceptors (Lipinski definition) is 5. The van der Waals surface area contributed by atoms with Crippen molar-refractivity contribution in [3.8, 4) is 0 Å². The maximum Gasteiger partial charge on any atom is 0.303 e. The summed E-state index contributed by atoms with van der Waals surface area (Å²) in [6.45, 7) is 5.07. The van der Waals surface area contributed by atoms with Gasteiger partial charge in [0.15, 0.2) is 0 Å². The first-order valence-corrected chi connectivity index (χ1v) is 12.1.